The first kappa shape index (κ1) is 25.4. The number of phenols is 1. The summed E-state index contributed by atoms with van der Waals surface area (Å²) in [7, 11) is -3.87. The topological polar surface area (TPSA) is 63.6 Å². The maximum atomic E-state index is 13.3. The van der Waals surface area contributed by atoms with Crippen LogP contribution in [0.5, 0.6) is 5.75 Å². The van der Waals surface area contributed by atoms with Crippen LogP contribution in [0.25, 0.3) is 0 Å². The van der Waals surface area contributed by atoms with Gasteiger partial charge in [-0.15, -0.1) is 0 Å². The van der Waals surface area contributed by atoms with Crippen molar-refractivity contribution in [3.8, 4) is 5.75 Å². The Hall–Kier alpha value is -0.640. The fourth-order valence-corrected chi connectivity index (χ4v) is 14.0. The van der Waals surface area contributed by atoms with Crippen LogP contribution in [-0.2, 0) is 14.1 Å². The van der Waals surface area contributed by atoms with Crippen LogP contribution >= 0.6 is 6.83 Å². The van der Waals surface area contributed by atoms with Crippen LogP contribution in [0.1, 0.15) is 79.1 Å². The first-order valence-electron chi connectivity index (χ1n) is 11.0. The van der Waals surface area contributed by atoms with Gasteiger partial charge in [0, 0.05) is 0 Å². The van der Waals surface area contributed by atoms with Crippen LogP contribution < -0.4 is 0 Å². The molecule has 0 heterocycles. The van der Waals surface area contributed by atoms with E-state index in [1.165, 1.54) is 24.3 Å². The van der Waals surface area contributed by atoms with Crippen molar-refractivity contribution >= 4 is 16.9 Å². The van der Waals surface area contributed by atoms with Gasteiger partial charge in [-0.1, -0.05) is 0 Å². The number of unbranched alkanes of at least 4 members (excludes halogenated alkanes) is 4. The van der Waals surface area contributed by atoms with Crippen molar-refractivity contribution in [1.29, 1.82) is 0 Å². The quantitative estimate of drug-likeness (QED) is 0.311. The van der Waals surface area contributed by atoms with Crippen LogP contribution in [0.3, 0.4) is 0 Å². The van der Waals surface area contributed by atoms with E-state index in [2.05, 4.69) is 27.7 Å². The van der Waals surface area contributed by atoms with Gasteiger partial charge in [0.1, 0.15) is 0 Å². The van der Waals surface area contributed by atoms with Crippen molar-refractivity contribution in [1.82, 2.24) is 0 Å². The first-order valence-corrected chi connectivity index (χ1v) is 15.3. The van der Waals surface area contributed by atoms with Crippen LogP contribution in [0.4, 0.5) is 0 Å². The molecule has 0 saturated heterocycles. The SMILES string of the molecule is CCCCP(CCCC)(CCCC)(CCCC)OS(=O)(=O)c1ccc(O)cc1. The van der Waals surface area contributed by atoms with E-state index in [0.29, 0.717) is 0 Å². The molecule has 0 aliphatic heterocycles. The zero-order valence-electron chi connectivity index (χ0n) is 18.3. The molecule has 0 atom stereocenters. The number of hydrogen-bond acceptors (Lipinski definition) is 4. The molecule has 0 amide bonds. The molecule has 6 heteroatoms. The normalized spacial score (nSPS) is 13.9. The van der Waals surface area contributed by atoms with Crippen molar-refractivity contribution in [2.24, 2.45) is 0 Å². The van der Waals surface area contributed by atoms with Crippen LogP contribution in [0, 0.1) is 0 Å². The van der Waals surface area contributed by atoms with Crippen LogP contribution in [0.15, 0.2) is 29.2 Å². The van der Waals surface area contributed by atoms with Gasteiger partial charge >= 0.3 is 173 Å². The Morgan fingerprint density at radius 2 is 1.11 bits per heavy atom. The summed E-state index contributed by atoms with van der Waals surface area (Å²) in [6.45, 7) is 5.75. The third-order valence-corrected chi connectivity index (χ3v) is 14.9. The molecule has 0 bridgehead atoms. The summed E-state index contributed by atoms with van der Waals surface area (Å²) >= 11 is 0. The molecule has 1 aromatic carbocycles. The Labute approximate surface area is 173 Å². The summed E-state index contributed by atoms with van der Waals surface area (Å²) < 4.78 is 33.2. The fraction of sp³-hybridized carbons (Fsp3) is 0.727. The molecular weight excluding hydrogens is 391 g/mol. The first-order chi connectivity index (χ1) is 13.3. The molecule has 1 aromatic rings. The van der Waals surface area contributed by atoms with Crippen molar-refractivity contribution in [2.45, 2.75) is 84.0 Å². The number of benzene rings is 1. The molecular formula is C22H41O4PS. The molecule has 0 fully saturated rings. The molecule has 0 spiro atoms. The van der Waals surface area contributed by atoms with Gasteiger partial charge in [-0.05, 0) is 0 Å². The van der Waals surface area contributed by atoms with Crippen molar-refractivity contribution in [3.05, 3.63) is 24.3 Å². The zero-order valence-corrected chi connectivity index (χ0v) is 20.0. The van der Waals surface area contributed by atoms with E-state index in [-0.39, 0.29) is 10.6 Å². The molecule has 0 unspecified atom stereocenters. The van der Waals surface area contributed by atoms with Gasteiger partial charge in [0.15, 0.2) is 0 Å². The van der Waals surface area contributed by atoms with Crippen LogP contribution in [-0.4, -0.2) is 38.2 Å². The molecule has 1 rings (SSSR count). The molecule has 0 radical (unpaired) electrons. The van der Waals surface area contributed by atoms with Gasteiger partial charge in [-0.3, -0.25) is 0 Å². The van der Waals surface area contributed by atoms with E-state index in [9.17, 15) is 13.5 Å². The average Bonchev–Trinajstić information content (AvgIpc) is 2.68. The molecule has 0 aliphatic rings. The summed E-state index contributed by atoms with van der Waals surface area (Å²) in [4.78, 5) is 0.153. The van der Waals surface area contributed by atoms with E-state index in [1.54, 1.807) is 0 Å². The molecule has 4 nitrogen and oxygen atoms in total. The summed E-state index contributed by atoms with van der Waals surface area (Å²) in [6, 6.07) is 5.74. The monoisotopic (exact) mass is 432 g/mol. The average molecular weight is 433 g/mol. The van der Waals surface area contributed by atoms with E-state index in [0.717, 1.165) is 76.0 Å². The van der Waals surface area contributed by atoms with Gasteiger partial charge in [-0.25, -0.2) is 0 Å². The van der Waals surface area contributed by atoms with Gasteiger partial charge in [0.05, 0.1) is 0 Å². The van der Waals surface area contributed by atoms with Gasteiger partial charge < -0.3 is 0 Å². The van der Waals surface area contributed by atoms with Crippen LogP contribution in [0.2, 0.25) is 0 Å². The number of hydrogen-bond donors (Lipinski definition) is 1. The second-order valence-corrected chi connectivity index (χ2v) is 15.7. The Bertz CT molecular complexity index is 627. The molecule has 0 aromatic heterocycles. The fourth-order valence-electron chi connectivity index (χ4n) is 3.99. The van der Waals surface area contributed by atoms with Crippen molar-refractivity contribution in [2.75, 3.05) is 24.6 Å². The Morgan fingerprint density at radius 3 is 1.43 bits per heavy atom. The summed E-state index contributed by atoms with van der Waals surface area (Å²) in [5, 5.41) is 9.54. The number of aromatic hydroxyl groups is 1. The minimum atomic E-state index is -3.87. The minimum absolute atomic E-state index is 0.0605. The molecule has 1 N–H and O–H groups in total. The van der Waals surface area contributed by atoms with Crippen molar-refractivity contribution < 1.29 is 17.5 Å². The molecule has 0 saturated carbocycles. The Morgan fingerprint density at radius 1 is 0.750 bits per heavy atom. The second kappa shape index (κ2) is 11.5. The third kappa shape index (κ3) is 7.00. The second-order valence-electron chi connectivity index (χ2n) is 8.19. The zero-order chi connectivity index (χ0) is 21.1. The van der Waals surface area contributed by atoms with E-state index in [4.69, 9.17) is 3.97 Å². The third-order valence-electron chi connectivity index (χ3n) is 5.74. The van der Waals surface area contributed by atoms with Crippen molar-refractivity contribution in [3.63, 3.8) is 0 Å². The van der Waals surface area contributed by atoms with E-state index < -0.39 is 16.9 Å². The van der Waals surface area contributed by atoms with Gasteiger partial charge in [0.2, 0.25) is 0 Å². The maximum absolute atomic E-state index is 13.3. The van der Waals surface area contributed by atoms with Gasteiger partial charge in [-0.2, -0.15) is 0 Å². The summed E-state index contributed by atoms with van der Waals surface area (Å²) in [5.41, 5.74) is 0. The number of rotatable bonds is 15. The number of phenolic OH excluding ortho intramolecular Hbond substituents is 1. The predicted octanol–water partition coefficient (Wildman–Crippen LogP) is 6.77. The van der Waals surface area contributed by atoms with E-state index >= 15 is 0 Å². The molecule has 164 valence electrons. The van der Waals surface area contributed by atoms with Gasteiger partial charge in [0.25, 0.3) is 0 Å². The van der Waals surface area contributed by atoms with E-state index in [1.807, 2.05) is 0 Å². The Balaban J connectivity index is 3.46. The Kier molecular flexibility index (Phi) is 10.4. The summed E-state index contributed by atoms with van der Waals surface area (Å²) in [5.74, 6) is 0.0605. The molecule has 0 aliphatic carbocycles. The standard InChI is InChI=1S/C22H41O4PS/c1-5-9-17-27(18-10-6-2,19-11-7-3,20-12-8-4)26-28(24,25)22-15-13-21(23)14-16-22/h13-16,23H,5-12,17-20H2,1-4H3. The predicted molar refractivity (Wildman–Crippen MR) is 122 cm³/mol. The summed E-state index contributed by atoms with van der Waals surface area (Å²) in [6.07, 6.45) is 11.9. The molecule has 28 heavy (non-hydrogen) atoms.